The third kappa shape index (κ3) is 6.69. The summed E-state index contributed by atoms with van der Waals surface area (Å²) in [6, 6.07) is 0.253. The number of rotatable bonds is 9. The molecule has 1 N–H and O–H groups in total. The molecule has 3 saturated heterocycles. The summed E-state index contributed by atoms with van der Waals surface area (Å²) in [4.78, 5) is 48.5. The van der Waals surface area contributed by atoms with Crippen LogP contribution in [-0.4, -0.2) is 109 Å². The number of piperidine rings is 1. The quantitative estimate of drug-likeness (QED) is 0.200. The zero-order chi connectivity index (χ0) is 37.1. The Morgan fingerprint density at radius 2 is 1.64 bits per heavy atom. The summed E-state index contributed by atoms with van der Waals surface area (Å²) in [5, 5.41) is 10.6. The van der Waals surface area contributed by atoms with Gasteiger partial charge in [0.2, 0.25) is 11.8 Å². The number of carbonyl (C=O) groups excluding carboxylic acids is 3. The van der Waals surface area contributed by atoms with Crippen molar-refractivity contribution in [3.8, 4) is 0 Å². The van der Waals surface area contributed by atoms with Gasteiger partial charge in [-0.15, -0.1) is 0 Å². The topological polar surface area (TPSA) is 99.6 Å². The number of aliphatic hydroxyl groups is 1. The molecule has 3 saturated carbocycles. The normalized spacial score (nSPS) is 40.8. The molecule has 7 atom stereocenters. The predicted octanol–water partition coefficient (Wildman–Crippen LogP) is 7.05. The van der Waals surface area contributed by atoms with Gasteiger partial charge < -0.3 is 29.3 Å². The molecule has 8 rings (SSSR count). The molecule has 4 aliphatic carbocycles. The predicted molar refractivity (Wildman–Crippen MR) is 208 cm³/mol. The van der Waals surface area contributed by atoms with E-state index in [1.165, 1.54) is 37.0 Å². The molecule has 53 heavy (non-hydrogen) atoms. The Balaban J connectivity index is 1.07. The summed E-state index contributed by atoms with van der Waals surface area (Å²) in [5.74, 6) is 2.17. The van der Waals surface area contributed by atoms with Crippen LogP contribution in [0.4, 0.5) is 0 Å². The summed E-state index contributed by atoms with van der Waals surface area (Å²) < 4.78 is 13.3. The van der Waals surface area contributed by atoms with Gasteiger partial charge in [-0.2, -0.15) is 0 Å². The summed E-state index contributed by atoms with van der Waals surface area (Å²) in [6.07, 6.45) is 19.5. The Labute approximate surface area is 319 Å². The minimum Gasteiger partial charge on any atom is -0.394 e. The summed E-state index contributed by atoms with van der Waals surface area (Å²) in [5.41, 5.74) is 2.28. The molecule has 0 bridgehead atoms. The largest absolute Gasteiger partial charge is 0.394 e. The number of likely N-dealkylation sites (tertiary alicyclic amines) is 2. The highest BCUT2D eigenvalue weighted by atomic mass is 28.3. The lowest BCUT2D eigenvalue weighted by atomic mass is 9.73. The maximum atomic E-state index is 15.3. The van der Waals surface area contributed by atoms with Crippen molar-refractivity contribution < 1.29 is 29.0 Å². The maximum absolute atomic E-state index is 15.3. The molecule has 0 aromatic rings. The molecule has 6 fully saturated rings. The van der Waals surface area contributed by atoms with E-state index >= 15 is 4.79 Å². The van der Waals surface area contributed by atoms with Gasteiger partial charge in [-0.05, 0) is 111 Å². The van der Waals surface area contributed by atoms with Crippen molar-refractivity contribution in [3.05, 3.63) is 11.3 Å². The van der Waals surface area contributed by atoms with E-state index in [1.807, 2.05) is 12.0 Å². The number of methoxy groups -OCH3 is 1. The fourth-order valence-electron chi connectivity index (χ4n) is 13.5. The molecule has 10 heteroatoms. The molecule has 2 unspecified atom stereocenters. The van der Waals surface area contributed by atoms with Crippen LogP contribution in [0.2, 0.25) is 24.2 Å². The minimum atomic E-state index is -2.10. The fraction of sp³-hybridized carbons (Fsp3) is 0.884. The van der Waals surface area contributed by atoms with Crippen LogP contribution in [0, 0.1) is 23.7 Å². The smallest absolute Gasteiger partial charge is 0.263 e. The van der Waals surface area contributed by atoms with Crippen molar-refractivity contribution in [2.24, 2.45) is 23.7 Å². The third-order valence-corrected chi connectivity index (χ3v) is 21.9. The molecule has 0 radical (unpaired) electrons. The first-order valence-electron chi connectivity index (χ1n) is 22.0. The van der Waals surface area contributed by atoms with E-state index in [0.29, 0.717) is 54.2 Å². The number of amides is 3. The van der Waals surface area contributed by atoms with Crippen LogP contribution >= 0.6 is 0 Å². The second-order valence-corrected chi connectivity index (χ2v) is 24.5. The number of carbonyl (C=O) groups is 3. The molecule has 1 spiro atoms. The first-order valence-corrected chi connectivity index (χ1v) is 25.2. The zero-order valence-corrected chi connectivity index (χ0v) is 34.4. The lowest BCUT2D eigenvalue weighted by Crippen LogP contribution is -2.53. The fourth-order valence-corrected chi connectivity index (χ4v) is 18.6. The Morgan fingerprint density at radius 3 is 2.30 bits per heavy atom. The maximum Gasteiger partial charge on any atom is 0.263 e. The van der Waals surface area contributed by atoms with E-state index in [4.69, 9.17) is 9.47 Å². The molecule has 3 amide bonds. The van der Waals surface area contributed by atoms with Gasteiger partial charge in [0.05, 0.1) is 39.4 Å². The molecule has 0 aromatic carbocycles. The molecule has 296 valence electrons. The molecular weight excluding hydrogens is 683 g/mol. The molecule has 0 aromatic heterocycles. The van der Waals surface area contributed by atoms with Gasteiger partial charge >= 0.3 is 0 Å². The number of allylic oxidation sites excluding steroid dienone is 1. The number of fused-ring (bicyclic) bond motifs is 2. The van der Waals surface area contributed by atoms with Gasteiger partial charge in [0.1, 0.15) is 0 Å². The zero-order valence-electron chi connectivity index (χ0n) is 33.4. The number of hydrogen-bond acceptors (Lipinski definition) is 6. The standard InChI is InChI=1S/C43H69N3O6Si/c1-28-41(53(3,4)35-19-17-34(51-2)18-20-35)38(24-40(49)45-26-31-10-6-5-9-30(31)23-33(45)27-47)52-43(28)36-11-7-8-12-37(36)46(42(43)50)25-29-13-15-32(16-14-29)44-22-21-39(44)48/h28-35,38,41,47H,5-27H2,1-4H3/t28-,29?,30?,31?,32?,33-,34?,35?,38+,41-,43+/m0/s1. The SMILES string of the molecule is COC1CCC([Si](C)(C)[C@@H]2[C@@H](CC(=O)N3CC4CCCCC4C[C@H]3CO)O[C@]3(C(=O)N(CC4CCC(N5CCC5=O)CC4)C4=C3CCCC4)[C@H]2C)CC1. The highest BCUT2D eigenvalue weighted by Crippen LogP contribution is 2.62. The molecule has 4 heterocycles. The lowest BCUT2D eigenvalue weighted by molar-refractivity contribution is -0.154. The Morgan fingerprint density at radius 1 is 0.925 bits per heavy atom. The summed E-state index contributed by atoms with van der Waals surface area (Å²) in [6.45, 7) is 9.85. The van der Waals surface area contributed by atoms with Gasteiger partial charge in [0.15, 0.2) is 5.60 Å². The van der Waals surface area contributed by atoms with Crippen molar-refractivity contribution in [2.75, 3.05) is 33.4 Å². The van der Waals surface area contributed by atoms with E-state index in [1.54, 1.807) is 0 Å². The van der Waals surface area contributed by atoms with Crippen LogP contribution in [-0.2, 0) is 23.9 Å². The first-order chi connectivity index (χ1) is 25.6. The average molecular weight is 752 g/mol. The Hall–Kier alpha value is -1.75. The molecule has 8 aliphatic rings. The Kier molecular flexibility index (Phi) is 11.0. The Bertz CT molecular complexity index is 1420. The molecular formula is C43H69N3O6Si. The number of β-lactam (4-membered cyclic amide) rings is 1. The van der Waals surface area contributed by atoms with Gasteiger partial charge in [-0.25, -0.2) is 0 Å². The second-order valence-electron chi connectivity index (χ2n) is 19.4. The van der Waals surface area contributed by atoms with Crippen LogP contribution in [0.5, 0.6) is 0 Å². The molecule has 4 aliphatic heterocycles. The van der Waals surface area contributed by atoms with E-state index in [9.17, 15) is 14.7 Å². The average Bonchev–Trinajstić information content (AvgIpc) is 3.60. The van der Waals surface area contributed by atoms with Crippen molar-refractivity contribution in [1.29, 1.82) is 0 Å². The van der Waals surface area contributed by atoms with Crippen LogP contribution in [0.25, 0.3) is 0 Å². The van der Waals surface area contributed by atoms with E-state index in [2.05, 4.69) is 29.8 Å². The lowest BCUT2D eigenvalue weighted by Gasteiger charge is -2.47. The number of ether oxygens (including phenoxy) is 2. The van der Waals surface area contributed by atoms with Crippen LogP contribution < -0.4 is 0 Å². The van der Waals surface area contributed by atoms with E-state index in [0.717, 1.165) is 103 Å². The van der Waals surface area contributed by atoms with Crippen molar-refractivity contribution in [2.45, 2.75) is 183 Å². The van der Waals surface area contributed by atoms with Crippen molar-refractivity contribution in [1.82, 2.24) is 14.7 Å². The monoisotopic (exact) mass is 751 g/mol. The first kappa shape index (κ1) is 38.1. The second kappa shape index (κ2) is 15.3. The summed E-state index contributed by atoms with van der Waals surface area (Å²) >= 11 is 0. The van der Waals surface area contributed by atoms with Crippen molar-refractivity contribution in [3.63, 3.8) is 0 Å². The van der Waals surface area contributed by atoms with E-state index < -0.39 is 13.7 Å². The van der Waals surface area contributed by atoms with Gasteiger partial charge in [-0.1, -0.05) is 52.1 Å². The van der Waals surface area contributed by atoms with Crippen LogP contribution in [0.1, 0.15) is 129 Å². The molecule has 9 nitrogen and oxygen atoms in total. The third-order valence-electron chi connectivity index (χ3n) is 16.6. The summed E-state index contributed by atoms with van der Waals surface area (Å²) in [7, 11) is -0.260. The number of hydrogen-bond donors (Lipinski definition) is 1. The van der Waals surface area contributed by atoms with Gasteiger partial charge in [-0.3, -0.25) is 14.4 Å². The van der Waals surface area contributed by atoms with Crippen LogP contribution in [0.15, 0.2) is 11.3 Å². The van der Waals surface area contributed by atoms with Gasteiger partial charge in [0, 0.05) is 50.8 Å². The van der Waals surface area contributed by atoms with Gasteiger partial charge in [0.25, 0.3) is 5.91 Å². The minimum absolute atomic E-state index is 0.00796. The van der Waals surface area contributed by atoms with E-state index in [-0.39, 0.29) is 42.0 Å². The number of nitrogens with zero attached hydrogens (tertiary/aromatic N) is 3. The highest BCUT2D eigenvalue weighted by Gasteiger charge is 2.68. The van der Waals surface area contributed by atoms with Crippen LogP contribution in [0.3, 0.4) is 0 Å². The number of aliphatic hydroxyl groups excluding tert-OH is 1. The van der Waals surface area contributed by atoms with Crippen molar-refractivity contribution >= 4 is 25.8 Å². The highest BCUT2D eigenvalue weighted by molar-refractivity contribution is 6.80.